The predicted molar refractivity (Wildman–Crippen MR) is 268 cm³/mol. The molecule has 2 aliphatic rings. The van der Waals surface area contributed by atoms with Gasteiger partial charge in [-0.3, -0.25) is 38.4 Å². The van der Waals surface area contributed by atoms with Gasteiger partial charge >= 0.3 is 0 Å². The molecule has 2 saturated heterocycles. The van der Waals surface area contributed by atoms with Crippen LogP contribution in [0, 0.1) is 10.8 Å². The number of rotatable bonds is 22. The van der Waals surface area contributed by atoms with Crippen molar-refractivity contribution in [2.75, 3.05) is 40.3 Å². The lowest BCUT2D eigenvalue weighted by atomic mass is 9.85. The third kappa shape index (κ3) is 16.2. The largest absolute Gasteiger partial charge is 0.354 e. The van der Waals surface area contributed by atoms with Crippen molar-refractivity contribution in [1.29, 1.82) is 0 Å². The summed E-state index contributed by atoms with van der Waals surface area (Å²) >= 11 is 6.04. The van der Waals surface area contributed by atoms with E-state index in [0.29, 0.717) is 38.8 Å². The Morgan fingerprint density at radius 3 is 1.37 bits per heavy atom. The SMILES string of the molecule is CN[C@@H](C)C(=O)N[C@H](C(=O)N1CCC[C@H]1C(=O)N[C@H](CNC(=O)CCCC(=O)NC[C@@H](NC(=O)[C@@H]1CCCN1C(=O)[C@@H](NC(=O)[C@H](C)N(C)Cl)C(C)(C)C)c1ccccc1)c1ccccc1)C(C)(C)C. The van der Waals surface area contributed by atoms with Crippen molar-refractivity contribution in [1.82, 2.24) is 51.4 Å². The summed E-state index contributed by atoms with van der Waals surface area (Å²) in [5.74, 6) is -2.83. The molecule has 18 nitrogen and oxygen atoms in total. The first-order valence-electron chi connectivity index (χ1n) is 24.5. The number of nitrogens with one attached hydrogen (secondary N) is 7. The molecule has 0 saturated carbocycles. The van der Waals surface area contributed by atoms with Crippen LogP contribution in [0.1, 0.15) is 124 Å². The predicted octanol–water partition coefficient (Wildman–Crippen LogP) is 3.23. The van der Waals surface area contributed by atoms with E-state index in [9.17, 15) is 38.4 Å². The number of likely N-dealkylation sites (tertiary alicyclic amines) is 2. The molecular weight excluding hydrogens is 916 g/mol. The molecule has 2 aromatic carbocycles. The van der Waals surface area contributed by atoms with E-state index in [1.54, 1.807) is 32.8 Å². The number of nitrogens with zero attached hydrogens (tertiary/aromatic N) is 3. The van der Waals surface area contributed by atoms with E-state index >= 15 is 0 Å². The maximum Gasteiger partial charge on any atom is 0.246 e. The molecule has 0 bridgehead atoms. The zero-order valence-electron chi connectivity index (χ0n) is 42.7. The second kappa shape index (κ2) is 26.0. The summed E-state index contributed by atoms with van der Waals surface area (Å²) < 4.78 is 1.23. The minimum Gasteiger partial charge on any atom is -0.354 e. The number of amides is 8. The Bertz CT molecular complexity index is 2110. The summed E-state index contributed by atoms with van der Waals surface area (Å²) in [7, 11) is 3.22. The summed E-state index contributed by atoms with van der Waals surface area (Å²) in [6.45, 7) is 15.3. The minimum atomic E-state index is -0.917. The fourth-order valence-corrected chi connectivity index (χ4v) is 8.58. The zero-order valence-corrected chi connectivity index (χ0v) is 43.4. The summed E-state index contributed by atoms with van der Waals surface area (Å²) in [5, 5.41) is 20.5. The molecule has 0 aliphatic carbocycles. The van der Waals surface area contributed by atoms with Gasteiger partial charge in [0.05, 0.1) is 18.1 Å². The Hall–Kier alpha value is -5.59. The number of carbonyl (C=O) groups is 8. The van der Waals surface area contributed by atoms with Crippen LogP contribution in [0.15, 0.2) is 60.7 Å². The standard InChI is InChI=1S/C51H77ClN10O8/c1-32(53-9)44(65)58-42(50(3,4)5)48(69)61-28-18-24-38(61)46(67)56-36(34-20-13-11-14-21-34)30-54-40(63)26-17-27-41(64)55-31-37(35-22-15-12-16-23-35)57-47(68)39-25-19-29-62(39)49(70)43(51(6,7)8)59-45(66)33(2)60(10)52/h11-16,20-23,32-33,36-39,42-43,53H,17-19,24-31H2,1-10H3,(H,54,63)(H,55,64)(H,56,67)(H,57,68)(H,58,65)(H,59,66)/t32-,33-,36+,37+,38-,39-,42+,43+/m0/s1. The van der Waals surface area contributed by atoms with Gasteiger partial charge in [-0.2, -0.15) is 0 Å². The maximum absolute atomic E-state index is 14.1. The van der Waals surface area contributed by atoms with E-state index in [1.807, 2.05) is 102 Å². The molecule has 0 unspecified atom stereocenters. The lowest BCUT2D eigenvalue weighted by Crippen LogP contribution is -2.59. The molecule has 19 heteroatoms. The molecule has 2 aliphatic heterocycles. The van der Waals surface area contributed by atoms with Crippen LogP contribution in [0.25, 0.3) is 0 Å². The highest BCUT2D eigenvalue weighted by Gasteiger charge is 2.44. The van der Waals surface area contributed by atoms with E-state index in [2.05, 4.69) is 37.2 Å². The molecule has 7 N–H and O–H groups in total. The quantitative estimate of drug-likeness (QED) is 0.0853. The second-order valence-corrected chi connectivity index (χ2v) is 21.1. The number of likely N-dealkylation sites (N-methyl/N-ethyl adjacent to an activating group) is 2. The second-order valence-electron chi connectivity index (χ2n) is 20.6. The van der Waals surface area contributed by atoms with E-state index in [0.717, 1.165) is 11.1 Å². The smallest absolute Gasteiger partial charge is 0.246 e. The van der Waals surface area contributed by atoms with Gasteiger partial charge in [0, 0.05) is 46.1 Å². The van der Waals surface area contributed by atoms with Crippen LogP contribution in [0.5, 0.6) is 0 Å². The average Bonchev–Trinajstić information content (AvgIpc) is 4.03. The fourth-order valence-electron chi connectivity index (χ4n) is 8.49. The van der Waals surface area contributed by atoms with Crippen molar-refractivity contribution < 1.29 is 38.4 Å². The van der Waals surface area contributed by atoms with Crippen LogP contribution in [-0.2, 0) is 38.4 Å². The van der Waals surface area contributed by atoms with Crippen LogP contribution >= 0.6 is 11.8 Å². The van der Waals surface area contributed by atoms with Gasteiger partial charge in [0.15, 0.2) is 0 Å². The molecule has 2 heterocycles. The molecule has 0 aromatic heterocycles. The van der Waals surface area contributed by atoms with E-state index in [1.165, 1.54) is 9.32 Å². The first-order valence-corrected chi connectivity index (χ1v) is 24.8. The van der Waals surface area contributed by atoms with Gasteiger partial charge in [0.1, 0.15) is 30.2 Å². The molecule has 8 amide bonds. The normalized spacial score (nSPS) is 18.7. The molecule has 70 heavy (non-hydrogen) atoms. The first-order chi connectivity index (χ1) is 32.9. The van der Waals surface area contributed by atoms with Gasteiger partial charge in [-0.25, -0.2) is 4.42 Å². The van der Waals surface area contributed by atoms with Gasteiger partial charge in [0.25, 0.3) is 0 Å². The van der Waals surface area contributed by atoms with Gasteiger partial charge in [-0.15, -0.1) is 0 Å². The molecule has 0 spiro atoms. The van der Waals surface area contributed by atoms with Crippen molar-refractivity contribution in [2.45, 2.75) is 149 Å². The van der Waals surface area contributed by atoms with Crippen LogP contribution in [0.4, 0.5) is 0 Å². The summed E-state index contributed by atoms with van der Waals surface area (Å²) in [5.41, 5.74) is 0.194. The highest BCUT2D eigenvalue weighted by molar-refractivity contribution is 6.14. The zero-order chi connectivity index (χ0) is 51.9. The lowest BCUT2D eigenvalue weighted by molar-refractivity contribution is -0.144. The Balaban J connectivity index is 1.33. The lowest BCUT2D eigenvalue weighted by Gasteiger charge is -2.36. The number of hydrogen-bond acceptors (Lipinski definition) is 10. The van der Waals surface area contributed by atoms with Gasteiger partial charge < -0.3 is 47.0 Å². The molecule has 386 valence electrons. The Morgan fingerprint density at radius 1 is 0.629 bits per heavy atom. The molecule has 2 fully saturated rings. The minimum absolute atomic E-state index is 0.0279. The Kier molecular flexibility index (Phi) is 21.2. The number of carbonyl (C=O) groups excluding carboxylic acids is 8. The van der Waals surface area contributed by atoms with Crippen molar-refractivity contribution >= 4 is 59.0 Å². The van der Waals surface area contributed by atoms with Crippen LogP contribution in [0.3, 0.4) is 0 Å². The summed E-state index contributed by atoms with van der Waals surface area (Å²) in [6.07, 6.45) is 2.36. The van der Waals surface area contributed by atoms with Crippen molar-refractivity contribution in [3.05, 3.63) is 71.8 Å². The van der Waals surface area contributed by atoms with Gasteiger partial charge in [0.2, 0.25) is 47.3 Å². The highest BCUT2D eigenvalue weighted by atomic mass is 35.5. The summed E-state index contributed by atoms with van der Waals surface area (Å²) in [6, 6.07) is 12.5. The van der Waals surface area contributed by atoms with E-state index < -0.39 is 65.1 Å². The van der Waals surface area contributed by atoms with Crippen LogP contribution in [-0.4, -0.2) is 138 Å². The first kappa shape index (κ1) is 57.0. The van der Waals surface area contributed by atoms with E-state index in [-0.39, 0.29) is 73.7 Å². The number of hydrogen-bond donors (Lipinski definition) is 7. The topological polar surface area (TPSA) is 230 Å². The fraction of sp³-hybridized carbons (Fsp3) is 0.608. The molecule has 4 rings (SSSR count). The van der Waals surface area contributed by atoms with Crippen molar-refractivity contribution in [2.24, 2.45) is 10.8 Å². The molecule has 2 aromatic rings. The summed E-state index contributed by atoms with van der Waals surface area (Å²) in [4.78, 5) is 111. The van der Waals surface area contributed by atoms with Crippen molar-refractivity contribution in [3.8, 4) is 0 Å². The monoisotopic (exact) mass is 993 g/mol. The molecule has 0 radical (unpaired) electrons. The third-order valence-electron chi connectivity index (χ3n) is 13.1. The Labute approximate surface area is 419 Å². The van der Waals surface area contributed by atoms with Crippen LogP contribution < -0.4 is 37.2 Å². The third-order valence-corrected chi connectivity index (χ3v) is 13.4. The van der Waals surface area contributed by atoms with Gasteiger partial charge in [-0.1, -0.05) is 102 Å². The highest BCUT2D eigenvalue weighted by Crippen LogP contribution is 2.29. The molecule has 8 atom stereocenters. The number of halogens is 1. The number of benzene rings is 2. The van der Waals surface area contributed by atoms with Gasteiger partial charge in [-0.05, 0) is 86.7 Å². The average molecular weight is 994 g/mol. The Morgan fingerprint density at radius 2 is 1.01 bits per heavy atom. The maximum atomic E-state index is 14.1. The van der Waals surface area contributed by atoms with Crippen molar-refractivity contribution in [3.63, 3.8) is 0 Å². The van der Waals surface area contributed by atoms with Crippen LogP contribution in [0.2, 0.25) is 0 Å². The molecular formula is C51H77ClN10O8. The van der Waals surface area contributed by atoms with E-state index in [4.69, 9.17) is 11.8 Å².